The van der Waals surface area contributed by atoms with E-state index in [-0.39, 0.29) is 23.4 Å². The summed E-state index contributed by atoms with van der Waals surface area (Å²) in [6.45, 7) is 4.34. The summed E-state index contributed by atoms with van der Waals surface area (Å²) in [6.07, 6.45) is 9.00. The summed E-state index contributed by atoms with van der Waals surface area (Å²) in [5.41, 5.74) is 31.1. The van der Waals surface area contributed by atoms with Crippen molar-refractivity contribution in [1.29, 1.82) is 0 Å². The van der Waals surface area contributed by atoms with E-state index in [4.69, 9.17) is 46.9 Å². The number of amides is 1. The first-order chi connectivity index (χ1) is 37.0. The number of carbonyl (C=O) groups excluding carboxylic acids is 1. The van der Waals surface area contributed by atoms with Crippen molar-refractivity contribution in [1.82, 2.24) is 43.9 Å². The van der Waals surface area contributed by atoms with E-state index in [1.54, 1.807) is 11.1 Å². The number of nitrogens with one attached hydrogen (secondary N) is 1. The Morgan fingerprint density at radius 2 is 1.34 bits per heavy atom. The Hall–Kier alpha value is -8.25. The third kappa shape index (κ3) is 8.25. The number of morpholine rings is 1. The van der Waals surface area contributed by atoms with Crippen molar-refractivity contribution in [3.8, 4) is 45.4 Å². The molecule has 76 heavy (non-hydrogen) atoms. The summed E-state index contributed by atoms with van der Waals surface area (Å²) in [5.74, 6) is 3.44. The Bertz CT molecular complexity index is 3660. The van der Waals surface area contributed by atoms with E-state index < -0.39 is 5.54 Å². The fraction of sp³-hybridized carbons (Fsp3) is 0.305. The first-order valence-corrected chi connectivity index (χ1v) is 26.4. The first kappa shape index (κ1) is 47.5. The lowest BCUT2D eigenvalue weighted by atomic mass is 9.68. The number of benzene rings is 3. The molecule has 1 amide bonds. The maximum Gasteiger partial charge on any atom is 0.227 e. The molecule has 7 N–H and O–H groups in total. The summed E-state index contributed by atoms with van der Waals surface area (Å²) < 4.78 is 9.84. The van der Waals surface area contributed by atoms with Crippen LogP contribution in [0.1, 0.15) is 49.7 Å². The van der Waals surface area contributed by atoms with E-state index in [0.29, 0.717) is 48.7 Å². The van der Waals surface area contributed by atoms with Gasteiger partial charge in [0.05, 0.1) is 41.5 Å². The highest BCUT2D eigenvalue weighted by atomic mass is 16.5. The van der Waals surface area contributed by atoms with Crippen LogP contribution in [0.2, 0.25) is 0 Å². The number of hydrogen-bond donors (Lipinski definition) is 4. The fourth-order valence-corrected chi connectivity index (χ4v) is 11.6. The maximum atomic E-state index is 12.9. The van der Waals surface area contributed by atoms with Gasteiger partial charge in [0.15, 0.2) is 22.9 Å². The average Bonchev–Trinajstić information content (AvgIpc) is 4.22. The molecule has 17 nitrogen and oxygen atoms in total. The number of rotatable bonds is 12. The van der Waals surface area contributed by atoms with E-state index in [1.807, 2.05) is 62.8 Å². The van der Waals surface area contributed by atoms with Crippen molar-refractivity contribution in [2.75, 3.05) is 74.3 Å². The van der Waals surface area contributed by atoms with Crippen LogP contribution in [0.4, 0.5) is 23.1 Å². The van der Waals surface area contributed by atoms with Gasteiger partial charge in [0.2, 0.25) is 5.91 Å². The molecule has 0 bridgehead atoms. The van der Waals surface area contributed by atoms with Crippen molar-refractivity contribution < 1.29 is 9.53 Å². The molecule has 8 heterocycles. The number of carbonyl (C=O) groups is 1. The number of nitrogens with two attached hydrogens (primary N) is 3. The summed E-state index contributed by atoms with van der Waals surface area (Å²) in [7, 11) is 3.66. The maximum absolute atomic E-state index is 12.9. The molecule has 2 aliphatic heterocycles. The summed E-state index contributed by atoms with van der Waals surface area (Å²) in [6, 6.07) is 41.2. The SMILES string of the molecule is CN(C)C(=O)C1CCN(c2cccc(-c3ccc4nc(-c5cccnc5NC5CCC5(N)c5ccc(-n6c(-c7cccnc7N)nc7ccc(N8CCOCC8)nc76)cc5)n(-c5ccc(C6(N)CCC6)cc5)c4n3)c2)C1. The van der Waals surface area contributed by atoms with E-state index in [0.717, 1.165) is 131 Å². The minimum atomic E-state index is -0.707. The number of anilines is 4. The number of hydrogen-bond acceptors (Lipinski definition) is 14. The summed E-state index contributed by atoms with van der Waals surface area (Å²) in [5, 5.41) is 3.81. The molecular weight excluding hydrogens is 951 g/mol. The van der Waals surface area contributed by atoms with Crippen LogP contribution in [0.25, 0.3) is 67.7 Å². The van der Waals surface area contributed by atoms with Gasteiger partial charge in [-0.3, -0.25) is 13.9 Å². The molecule has 384 valence electrons. The van der Waals surface area contributed by atoms with Crippen molar-refractivity contribution in [2.45, 2.75) is 55.6 Å². The Labute approximate surface area is 440 Å². The standard InChI is InChI=1S/C59H61N15O2/c1-70(2)57(75)38-24-30-72(36-38)43-8-3-7-37(35-43)46-19-20-47-55(65-46)74(41-15-11-39(12-16-41)58(61)25-6-26-58)54(67-47)45-10-5-29-64-52(45)68-49-23-27-59(49,62)40-13-17-42(18-14-40)73-53(44-9-4-28-63-51(44)60)66-48-21-22-50(69-56(48)73)71-31-33-76-34-32-71/h3-5,7-22,28-29,35,38,49H,6,23-27,30-34,36,61-62H2,1-2H3,(H2,60,63)(H,64,68). The molecule has 0 radical (unpaired) electrons. The van der Waals surface area contributed by atoms with Crippen molar-refractivity contribution in [3.63, 3.8) is 0 Å². The number of imidazole rings is 2. The molecular formula is C59H61N15O2. The zero-order chi connectivity index (χ0) is 51.7. The van der Waals surface area contributed by atoms with Gasteiger partial charge in [0, 0.05) is 86.9 Å². The third-order valence-corrected chi connectivity index (χ3v) is 16.3. The molecule has 2 saturated carbocycles. The molecule has 3 aromatic carbocycles. The molecule has 3 unspecified atom stereocenters. The molecule has 3 atom stereocenters. The molecule has 6 aromatic heterocycles. The Kier molecular flexibility index (Phi) is 11.8. The Morgan fingerprint density at radius 3 is 2.01 bits per heavy atom. The number of nitrogens with zero attached hydrogens (tertiary/aromatic N) is 11. The van der Waals surface area contributed by atoms with Gasteiger partial charge in [-0.15, -0.1) is 0 Å². The van der Waals surface area contributed by atoms with Gasteiger partial charge < -0.3 is 42.0 Å². The topological polar surface area (TPSA) is 213 Å². The second-order valence-electron chi connectivity index (χ2n) is 21.1. The second kappa shape index (κ2) is 18.8. The van der Waals surface area contributed by atoms with E-state index in [1.165, 1.54) is 0 Å². The van der Waals surface area contributed by atoms with E-state index >= 15 is 0 Å². The minimum Gasteiger partial charge on any atom is -0.383 e. The highest BCUT2D eigenvalue weighted by Crippen LogP contribution is 2.44. The zero-order valence-electron chi connectivity index (χ0n) is 42.8. The van der Waals surface area contributed by atoms with Crippen LogP contribution >= 0.6 is 0 Å². The second-order valence-corrected chi connectivity index (χ2v) is 21.1. The molecule has 4 aliphatic rings. The lowest BCUT2D eigenvalue weighted by molar-refractivity contribution is -0.132. The highest BCUT2D eigenvalue weighted by Gasteiger charge is 2.45. The van der Waals surface area contributed by atoms with Crippen molar-refractivity contribution >= 4 is 51.4 Å². The zero-order valence-corrected chi connectivity index (χ0v) is 42.8. The first-order valence-electron chi connectivity index (χ1n) is 26.4. The molecule has 2 saturated heterocycles. The molecule has 4 fully saturated rings. The van der Waals surface area contributed by atoms with Crippen LogP contribution in [0.5, 0.6) is 0 Å². The Morgan fingerprint density at radius 1 is 0.671 bits per heavy atom. The number of fused-ring (bicyclic) bond motifs is 2. The largest absolute Gasteiger partial charge is 0.383 e. The monoisotopic (exact) mass is 1010 g/mol. The summed E-state index contributed by atoms with van der Waals surface area (Å²) in [4.78, 5) is 49.5. The van der Waals surface area contributed by atoms with Gasteiger partial charge in [-0.05, 0) is 135 Å². The Balaban J connectivity index is 0.835. The van der Waals surface area contributed by atoms with Crippen LogP contribution in [0.3, 0.4) is 0 Å². The molecule has 0 spiro atoms. The van der Waals surface area contributed by atoms with Crippen LogP contribution in [-0.4, -0.2) is 109 Å². The van der Waals surface area contributed by atoms with Gasteiger partial charge in [0.1, 0.15) is 28.5 Å². The van der Waals surface area contributed by atoms with Crippen LogP contribution < -0.4 is 32.3 Å². The van der Waals surface area contributed by atoms with Crippen LogP contribution in [0.15, 0.2) is 134 Å². The lowest BCUT2D eigenvalue weighted by Crippen LogP contribution is -2.59. The van der Waals surface area contributed by atoms with E-state index in [2.05, 4.69) is 108 Å². The molecule has 9 aromatic rings. The average molecular weight is 1010 g/mol. The van der Waals surface area contributed by atoms with Gasteiger partial charge in [-0.2, -0.15) is 0 Å². The number of aromatic nitrogens is 8. The number of pyridine rings is 4. The fourth-order valence-electron chi connectivity index (χ4n) is 11.6. The number of ether oxygens (including phenoxy) is 1. The highest BCUT2D eigenvalue weighted by molar-refractivity contribution is 5.87. The summed E-state index contributed by atoms with van der Waals surface area (Å²) >= 11 is 0. The van der Waals surface area contributed by atoms with Crippen LogP contribution in [-0.2, 0) is 20.6 Å². The minimum absolute atomic E-state index is 0.0219. The quantitative estimate of drug-likeness (QED) is 0.0912. The van der Waals surface area contributed by atoms with Gasteiger partial charge in [0.25, 0.3) is 0 Å². The van der Waals surface area contributed by atoms with Gasteiger partial charge in [-0.25, -0.2) is 29.9 Å². The molecule has 17 heteroatoms. The predicted octanol–water partition coefficient (Wildman–Crippen LogP) is 8.05. The molecule has 13 rings (SSSR count). The third-order valence-electron chi connectivity index (χ3n) is 16.3. The van der Waals surface area contributed by atoms with Gasteiger partial charge in [-0.1, -0.05) is 36.4 Å². The van der Waals surface area contributed by atoms with Gasteiger partial charge >= 0.3 is 0 Å². The lowest BCUT2D eigenvalue weighted by Gasteiger charge is -2.48. The van der Waals surface area contributed by atoms with E-state index in [9.17, 15) is 4.79 Å². The smallest absolute Gasteiger partial charge is 0.227 e. The number of nitrogen functional groups attached to an aromatic ring is 1. The predicted molar refractivity (Wildman–Crippen MR) is 298 cm³/mol. The van der Waals surface area contributed by atoms with Crippen LogP contribution in [0, 0.1) is 5.92 Å². The molecule has 2 aliphatic carbocycles. The normalized spacial score (nSPS) is 20.2. The van der Waals surface area contributed by atoms with Crippen molar-refractivity contribution in [3.05, 3.63) is 145 Å². The van der Waals surface area contributed by atoms with Crippen molar-refractivity contribution in [2.24, 2.45) is 17.4 Å².